The minimum atomic E-state index is -0.592. The predicted octanol–water partition coefficient (Wildman–Crippen LogP) is 2.79. The van der Waals surface area contributed by atoms with E-state index in [4.69, 9.17) is 12.2 Å². The summed E-state index contributed by atoms with van der Waals surface area (Å²) < 4.78 is 0.823. The van der Waals surface area contributed by atoms with Crippen LogP contribution in [0.25, 0.3) is 0 Å². The minimum absolute atomic E-state index is 0.0185. The highest BCUT2D eigenvalue weighted by Crippen LogP contribution is 2.32. The first kappa shape index (κ1) is 16.6. The van der Waals surface area contributed by atoms with Crippen LogP contribution in [0.4, 0.5) is 0 Å². The van der Waals surface area contributed by atoms with Crippen LogP contribution in [0.2, 0.25) is 0 Å². The fourth-order valence-corrected chi connectivity index (χ4v) is 4.27. The normalized spacial score (nSPS) is 20.9. The zero-order chi connectivity index (χ0) is 15.3. The first-order valence-electron chi connectivity index (χ1n) is 7.69. The second kappa shape index (κ2) is 7.46. The van der Waals surface area contributed by atoms with Gasteiger partial charge in [0.2, 0.25) is 5.91 Å². The maximum Gasteiger partial charge on any atom is 0.234 e. The number of rotatable bonds is 3. The van der Waals surface area contributed by atoms with Gasteiger partial charge in [0.15, 0.2) is 0 Å². The van der Waals surface area contributed by atoms with Crippen molar-refractivity contribution in [3.63, 3.8) is 0 Å². The van der Waals surface area contributed by atoms with E-state index in [0.717, 1.165) is 43.1 Å². The zero-order valence-corrected chi connectivity index (χ0v) is 14.3. The first-order chi connectivity index (χ1) is 10.1. The summed E-state index contributed by atoms with van der Waals surface area (Å²) in [5.74, 6) is 0.361. The highest BCUT2D eigenvalue weighted by molar-refractivity contribution is 8.23. The van der Waals surface area contributed by atoms with Gasteiger partial charge in [-0.3, -0.25) is 4.79 Å². The van der Waals surface area contributed by atoms with Gasteiger partial charge in [-0.15, -0.1) is 0 Å². The molecule has 0 aromatic heterocycles. The van der Waals surface area contributed by atoms with Gasteiger partial charge in [-0.05, 0) is 25.7 Å². The molecular formula is C15H23N3OS2. The highest BCUT2D eigenvalue weighted by atomic mass is 32.2. The fourth-order valence-electron chi connectivity index (χ4n) is 3.11. The van der Waals surface area contributed by atoms with E-state index in [2.05, 4.69) is 11.0 Å². The van der Waals surface area contributed by atoms with Crippen molar-refractivity contribution in [2.45, 2.75) is 50.5 Å². The number of thioether (sulfide) groups is 1. The van der Waals surface area contributed by atoms with Gasteiger partial charge in [0.25, 0.3) is 0 Å². The summed E-state index contributed by atoms with van der Waals surface area (Å²) in [6, 6.07) is 2.39. The molecule has 6 heteroatoms. The Morgan fingerprint density at radius 1 is 1.29 bits per heavy atom. The Balaban J connectivity index is 1.87. The molecule has 2 aliphatic rings. The number of likely N-dealkylation sites (tertiary alicyclic amines) is 1. The summed E-state index contributed by atoms with van der Waals surface area (Å²) in [4.78, 5) is 16.2. The SMILES string of the molecule is CN(C(=O)CSC(=S)N1CCCC1)C1(C#N)CCCCC1. The van der Waals surface area contributed by atoms with Crippen molar-refractivity contribution in [1.82, 2.24) is 9.80 Å². The van der Waals surface area contributed by atoms with Crippen LogP contribution in [-0.2, 0) is 4.79 Å². The van der Waals surface area contributed by atoms with Gasteiger partial charge in [-0.1, -0.05) is 43.2 Å². The quantitative estimate of drug-likeness (QED) is 0.747. The molecule has 0 N–H and O–H groups in total. The van der Waals surface area contributed by atoms with Crippen molar-refractivity contribution in [3.8, 4) is 6.07 Å². The van der Waals surface area contributed by atoms with E-state index in [1.165, 1.54) is 31.0 Å². The Morgan fingerprint density at radius 2 is 1.90 bits per heavy atom. The third kappa shape index (κ3) is 3.89. The van der Waals surface area contributed by atoms with E-state index >= 15 is 0 Å². The average Bonchev–Trinajstić information content (AvgIpc) is 3.06. The Bertz CT molecular complexity index is 435. The van der Waals surface area contributed by atoms with Crippen LogP contribution in [0.3, 0.4) is 0 Å². The van der Waals surface area contributed by atoms with Gasteiger partial charge in [-0.25, -0.2) is 0 Å². The Labute approximate surface area is 136 Å². The molecule has 0 unspecified atom stereocenters. The number of carbonyl (C=O) groups excluding carboxylic acids is 1. The van der Waals surface area contributed by atoms with E-state index in [9.17, 15) is 10.1 Å². The fraction of sp³-hybridized carbons (Fsp3) is 0.800. The van der Waals surface area contributed by atoms with Gasteiger partial charge in [0, 0.05) is 20.1 Å². The Hall–Kier alpha value is -0.800. The van der Waals surface area contributed by atoms with Crippen molar-refractivity contribution in [1.29, 1.82) is 5.26 Å². The molecule has 21 heavy (non-hydrogen) atoms. The standard InChI is InChI=1S/C15H23N3OS2/c1-17(15(12-16)7-3-2-4-8-15)13(19)11-21-14(20)18-9-5-6-10-18/h2-11H2,1H3. The summed E-state index contributed by atoms with van der Waals surface area (Å²) in [6.07, 6.45) is 7.20. The lowest BCUT2D eigenvalue weighted by Crippen LogP contribution is -2.50. The molecule has 0 aromatic rings. The van der Waals surface area contributed by atoms with Crippen LogP contribution < -0.4 is 0 Å². The topological polar surface area (TPSA) is 47.3 Å². The van der Waals surface area contributed by atoms with E-state index in [1.54, 1.807) is 11.9 Å². The zero-order valence-electron chi connectivity index (χ0n) is 12.6. The van der Waals surface area contributed by atoms with Crippen molar-refractivity contribution >= 4 is 34.2 Å². The van der Waals surface area contributed by atoms with E-state index in [1.807, 2.05) is 0 Å². The van der Waals surface area contributed by atoms with Crippen molar-refractivity contribution in [2.75, 3.05) is 25.9 Å². The molecule has 1 saturated carbocycles. The number of carbonyl (C=O) groups is 1. The average molecular weight is 326 g/mol. The van der Waals surface area contributed by atoms with Crippen LogP contribution in [0, 0.1) is 11.3 Å². The molecule has 1 aliphatic carbocycles. The molecule has 1 amide bonds. The number of hydrogen-bond donors (Lipinski definition) is 0. The Morgan fingerprint density at radius 3 is 2.48 bits per heavy atom. The van der Waals surface area contributed by atoms with Crippen LogP contribution in [0.1, 0.15) is 44.9 Å². The monoisotopic (exact) mass is 325 g/mol. The predicted molar refractivity (Wildman–Crippen MR) is 90.1 cm³/mol. The van der Waals surface area contributed by atoms with Crippen molar-refractivity contribution in [2.24, 2.45) is 0 Å². The second-order valence-corrected chi connectivity index (χ2v) is 7.51. The maximum atomic E-state index is 12.4. The number of nitrogens with zero attached hydrogens (tertiary/aromatic N) is 3. The van der Waals surface area contributed by atoms with Gasteiger partial charge < -0.3 is 9.80 Å². The lowest BCUT2D eigenvalue weighted by molar-refractivity contribution is -0.131. The molecule has 0 spiro atoms. The molecular weight excluding hydrogens is 302 g/mol. The molecule has 1 heterocycles. The summed E-state index contributed by atoms with van der Waals surface area (Å²) in [5, 5.41) is 9.53. The molecule has 1 aliphatic heterocycles. The molecule has 2 fully saturated rings. The first-order valence-corrected chi connectivity index (χ1v) is 9.08. The summed E-state index contributed by atoms with van der Waals surface area (Å²) in [6.45, 7) is 2.02. The number of nitriles is 1. The third-order valence-corrected chi connectivity index (χ3v) is 6.10. The molecule has 116 valence electrons. The number of amides is 1. The Kier molecular flexibility index (Phi) is 5.88. The van der Waals surface area contributed by atoms with E-state index < -0.39 is 5.54 Å². The molecule has 0 aromatic carbocycles. The smallest absolute Gasteiger partial charge is 0.234 e. The molecule has 0 atom stereocenters. The molecule has 4 nitrogen and oxygen atoms in total. The molecule has 0 radical (unpaired) electrons. The molecule has 0 bridgehead atoms. The van der Waals surface area contributed by atoms with Gasteiger partial charge in [0.05, 0.1) is 11.8 Å². The molecule has 1 saturated heterocycles. The van der Waals surface area contributed by atoms with Gasteiger partial charge in [-0.2, -0.15) is 5.26 Å². The van der Waals surface area contributed by atoms with Crippen LogP contribution >= 0.6 is 24.0 Å². The van der Waals surface area contributed by atoms with Crippen molar-refractivity contribution in [3.05, 3.63) is 0 Å². The van der Waals surface area contributed by atoms with E-state index in [0.29, 0.717) is 5.75 Å². The lowest BCUT2D eigenvalue weighted by atomic mass is 9.81. The summed E-state index contributed by atoms with van der Waals surface area (Å²) in [7, 11) is 1.77. The third-order valence-electron chi connectivity index (χ3n) is 4.59. The van der Waals surface area contributed by atoms with Crippen molar-refractivity contribution < 1.29 is 4.79 Å². The highest BCUT2D eigenvalue weighted by Gasteiger charge is 2.38. The van der Waals surface area contributed by atoms with Gasteiger partial charge in [0.1, 0.15) is 9.86 Å². The van der Waals surface area contributed by atoms with Crippen LogP contribution in [0.15, 0.2) is 0 Å². The number of thiocarbonyl (C=S) groups is 1. The van der Waals surface area contributed by atoms with Crippen LogP contribution in [-0.4, -0.2) is 51.5 Å². The minimum Gasteiger partial charge on any atom is -0.358 e. The largest absolute Gasteiger partial charge is 0.358 e. The molecule has 2 rings (SSSR count). The lowest BCUT2D eigenvalue weighted by Gasteiger charge is -2.39. The van der Waals surface area contributed by atoms with E-state index in [-0.39, 0.29) is 5.91 Å². The summed E-state index contributed by atoms with van der Waals surface area (Å²) in [5.41, 5.74) is -0.592. The summed E-state index contributed by atoms with van der Waals surface area (Å²) >= 11 is 6.82. The maximum absolute atomic E-state index is 12.4. The second-order valence-electron chi connectivity index (χ2n) is 5.91. The van der Waals surface area contributed by atoms with Crippen LogP contribution in [0.5, 0.6) is 0 Å². The van der Waals surface area contributed by atoms with Gasteiger partial charge >= 0.3 is 0 Å². The number of hydrogen-bond acceptors (Lipinski definition) is 4.